The number of carbonyl (C=O) groups is 2. The molecule has 0 N–H and O–H groups in total. The second kappa shape index (κ2) is 5.94. The minimum atomic E-state index is -1.17. The topological polar surface area (TPSA) is 69.7 Å². The van der Waals surface area contributed by atoms with Crippen molar-refractivity contribution in [2.45, 2.75) is 20.3 Å². The number of nitrogens with zero attached hydrogens (tertiary/aromatic N) is 1. The Labute approximate surface area is 118 Å². The molecule has 0 spiro atoms. The van der Waals surface area contributed by atoms with Crippen molar-refractivity contribution in [3.8, 4) is 5.75 Å². The van der Waals surface area contributed by atoms with Crippen LogP contribution in [0.3, 0.4) is 0 Å². The second-order valence-corrected chi connectivity index (χ2v) is 5.42. The van der Waals surface area contributed by atoms with E-state index >= 15 is 0 Å². The molecule has 1 atom stereocenters. The van der Waals surface area contributed by atoms with Crippen molar-refractivity contribution in [2.75, 3.05) is 18.1 Å². The van der Waals surface area contributed by atoms with E-state index in [1.165, 1.54) is 4.90 Å². The summed E-state index contributed by atoms with van der Waals surface area (Å²) in [5.74, 6) is -0.892. The van der Waals surface area contributed by atoms with E-state index in [9.17, 15) is 14.7 Å². The zero-order valence-electron chi connectivity index (χ0n) is 11.7. The molecule has 0 bridgehead atoms. The highest BCUT2D eigenvalue weighted by atomic mass is 16.5. The Morgan fingerprint density at radius 1 is 1.40 bits per heavy atom. The van der Waals surface area contributed by atoms with Gasteiger partial charge in [-0.05, 0) is 30.2 Å². The van der Waals surface area contributed by atoms with Crippen LogP contribution in [-0.2, 0) is 9.59 Å². The zero-order chi connectivity index (χ0) is 14.7. The highest BCUT2D eigenvalue weighted by molar-refractivity contribution is 5.98. The molecule has 2 rings (SSSR count). The molecule has 5 heteroatoms. The molecule has 0 aromatic heterocycles. The number of ether oxygens (including phenoxy) is 1. The fraction of sp³-hybridized carbons (Fsp3) is 0.467. The summed E-state index contributed by atoms with van der Waals surface area (Å²) in [4.78, 5) is 24.1. The zero-order valence-corrected chi connectivity index (χ0v) is 11.7. The fourth-order valence-electron chi connectivity index (χ4n) is 2.10. The average Bonchev–Trinajstić information content (AvgIpc) is 2.79. The van der Waals surface area contributed by atoms with Gasteiger partial charge in [-0.3, -0.25) is 4.79 Å². The molecule has 20 heavy (non-hydrogen) atoms. The maximum absolute atomic E-state index is 11.8. The van der Waals surface area contributed by atoms with Gasteiger partial charge >= 0.3 is 0 Å². The molecule has 1 heterocycles. The fourth-order valence-corrected chi connectivity index (χ4v) is 2.10. The van der Waals surface area contributed by atoms with Crippen molar-refractivity contribution in [1.29, 1.82) is 0 Å². The van der Waals surface area contributed by atoms with Crippen molar-refractivity contribution in [2.24, 2.45) is 11.8 Å². The molecule has 0 saturated carbocycles. The van der Waals surface area contributed by atoms with Gasteiger partial charge in [-0.1, -0.05) is 13.8 Å². The molecule has 0 unspecified atom stereocenters. The Kier molecular flexibility index (Phi) is 4.27. The summed E-state index contributed by atoms with van der Waals surface area (Å²) in [6, 6.07) is 7.12. The minimum Gasteiger partial charge on any atom is -0.550 e. The maximum Gasteiger partial charge on any atom is 0.227 e. The van der Waals surface area contributed by atoms with E-state index in [0.717, 1.165) is 5.75 Å². The number of amides is 1. The molecule has 0 radical (unpaired) electrons. The summed E-state index contributed by atoms with van der Waals surface area (Å²) in [6.45, 7) is 4.94. The molecule has 1 aliphatic heterocycles. The lowest BCUT2D eigenvalue weighted by Gasteiger charge is -2.17. The van der Waals surface area contributed by atoms with Crippen molar-refractivity contribution in [1.82, 2.24) is 0 Å². The van der Waals surface area contributed by atoms with Crippen molar-refractivity contribution >= 4 is 17.6 Å². The van der Waals surface area contributed by atoms with Gasteiger partial charge in [-0.25, -0.2) is 0 Å². The molecule has 1 aromatic carbocycles. The Balaban J connectivity index is 2.03. The van der Waals surface area contributed by atoms with E-state index in [2.05, 4.69) is 13.8 Å². The number of carboxylic acids is 1. The number of rotatable bonds is 5. The molecule has 1 amide bonds. The summed E-state index contributed by atoms with van der Waals surface area (Å²) in [6.07, 6.45) is 0.00787. The summed E-state index contributed by atoms with van der Waals surface area (Å²) in [5, 5.41) is 10.8. The molecule has 108 valence electrons. The van der Waals surface area contributed by atoms with Crippen LogP contribution in [0.25, 0.3) is 0 Å². The van der Waals surface area contributed by atoms with Gasteiger partial charge in [0.05, 0.1) is 6.61 Å². The number of carbonyl (C=O) groups excluding carboxylic acids is 2. The number of hydrogen-bond acceptors (Lipinski definition) is 4. The van der Waals surface area contributed by atoms with Crippen LogP contribution in [-0.4, -0.2) is 25.0 Å². The van der Waals surface area contributed by atoms with Crippen molar-refractivity contribution in [3.63, 3.8) is 0 Å². The number of hydrogen-bond donors (Lipinski definition) is 0. The van der Waals surface area contributed by atoms with Gasteiger partial charge in [-0.15, -0.1) is 0 Å². The maximum atomic E-state index is 11.8. The van der Waals surface area contributed by atoms with Crippen LogP contribution < -0.4 is 14.7 Å². The van der Waals surface area contributed by atoms with Gasteiger partial charge in [0.2, 0.25) is 5.91 Å². The van der Waals surface area contributed by atoms with Gasteiger partial charge in [0.25, 0.3) is 0 Å². The van der Waals surface area contributed by atoms with Crippen LogP contribution in [0.4, 0.5) is 5.69 Å². The molecule has 1 saturated heterocycles. The first kappa shape index (κ1) is 14.4. The van der Waals surface area contributed by atoms with Crippen LogP contribution in [0, 0.1) is 11.8 Å². The SMILES string of the molecule is CC(C)COc1ccc(N2C[C@H](C(=O)[O-])CC2=O)cc1. The van der Waals surface area contributed by atoms with Gasteiger partial charge in [0.15, 0.2) is 0 Å². The number of carboxylic acid groups (broad SMARTS) is 1. The van der Waals surface area contributed by atoms with Crippen LogP contribution in [0.1, 0.15) is 20.3 Å². The van der Waals surface area contributed by atoms with Gasteiger partial charge in [-0.2, -0.15) is 0 Å². The Bertz CT molecular complexity index is 495. The number of aliphatic carboxylic acids is 1. The van der Waals surface area contributed by atoms with E-state index in [-0.39, 0.29) is 18.9 Å². The quantitative estimate of drug-likeness (QED) is 0.798. The second-order valence-electron chi connectivity index (χ2n) is 5.42. The summed E-state index contributed by atoms with van der Waals surface area (Å²) in [5.41, 5.74) is 0.690. The summed E-state index contributed by atoms with van der Waals surface area (Å²) in [7, 11) is 0. The molecule has 1 aromatic rings. The van der Waals surface area contributed by atoms with Crippen LogP contribution in [0.2, 0.25) is 0 Å². The minimum absolute atomic E-state index is 0.00787. The number of benzene rings is 1. The van der Waals surface area contributed by atoms with E-state index in [0.29, 0.717) is 18.2 Å². The molecule has 1 aliphatic rings. The standard InChI is InChI=1S/C15H19NO4/c1-10(2)9-20-13-5-3-12(4-6-13)16-8-11(15(18)19)7-14(16)17/h3-6,10-11H,7-9H2,1-2H3,(H,18,19)/p-1/t11-/m1/s1. The molecule has 0 aliphatic carbocycles. The first-order valence-corrected chi connectivity index (χ1v) is 6.71. The Hall–Kier alpha value is -2.04. The third-order valence-electron chi connectivity index (χ3n) is 3.19. The predicted molar refractivity (Wildman–Crippen MR) is 72.2 cm³/mol. The monoisotopic (exact) mass is 276 g/mol. The van der Waals surface area contributed by atoms with E-state index < -0.39 is 11.9 Å². The predicted octanol–water partition coefficient (Wildman–Crippen LogP) is 0.824. The van der Waals surface area contributed by atoms with Crippen molar-refractivity contribution < 1.29 is 19.4 Å². The number of anilines is 1. The highest BCUT2D eigenvalue weighted by Gasteiger charge is 2.31. The lowest BCUT2D eigenvalue weighted by molar-refractivity contribution is -0.310. The molecular weight excluding hydrogens is 258 g/mol. The van der Waals surface area contributed by atoms with E-state index in [1.54, 1.807) is 24.3 Å². The highest BCUT2D eigenvalue weighted by Crippen LogP contribution is 2.26. The summed E-state index contributed by atoms with van der Waals surface area (Å²) < 4.78 is 5.56. The first-order chi connectivity index (χ1) is 9.47. The Morgan fingerprint density at radius 2 is 2.05 bits per heavy atom. The van der Waals surface area contributed by atoms with Crippen LogP contribution in [0.5, 0.6) is 5.75 Å². The van der Waals surface area contributed by atoms with E-state index in [4.69, 9.17) is 4.74 Å². The van der Waals surface area contributed by atoms with Gasteiger partial charge < -0.3 is 19.5 Å². The molecule has 5 nitrogen and oxygen atoms in total. The first-order valence-electron chi connectivity index (χ1n) is 6.71. The average molecular weight is 276 g/mol. The third-order valence-corrected chi connectivity index (χ3v) is 3.19. The normalized spacial score (nSPS) is 18.6. The molecule has 1 fully saturated rings. The summed E-state index contributed by atoms with van der Waals surface area (Å²) >= 11 is 0. The lowest BCUT2D eigenvalue weighted by atomic mass is 10.1. The van der Waals surface area contributed by atoms with Crippen LogP contribution in [0.15, 0.2) is 24.3 Å². The largest absolute Gasteiger partial charge is 0.550 e. The van der Waals surface area contributed by atoms with Crippen LogP contribution >= 0.6 is 0 Å². The van der Waals surface area contributed by atoms with Crippen molar-refractivity contribution in [3.05, 3.63) is 24.3 Å². The van der Waals surface area contributed by atoms with Gasteiger partial charge in [0.1, 0.15) is 5.75 Å². The third kappa shape index (κ3) is 3.29. The Morgan fingerprint density at radius 3 is 2.55 bits per heavy atom. The van der Waals surface area contributed by atoms with Gasteiger partial charge in [0, 0.05) is 30.5 Å². The lowest BCUT2D eigenvalue weighted by Crippen LogP contribution is -2.33. The molecular formula is C15H18NO4-. The van der Waals surface area contributed by atoms with E-state index in [1.807, 2.05) is 0 Å². The smallest absolute Gasteiger partial charge is 0.227 e.